The SMILES string of the molecule is CC(C)N(C(=O)c1cc(F)ccc1Oc1cncnc1N1CC2(CCN(CC3CCC(O)CC3)C2)C1)C(C)C. The minimum absolute atomic E-state index is 0.0443. The van der Waals surface area contributed by atoms with Crippen LogP contribution in [-0.2, 0) is 0 Å². The van der Waals surface area contributed by atoms with Gasteiger partial charge in [-0.15, -0.1) is 0 Å². The van der Waals surface area contributed by atoms with Crippen molar-refractivity contribution in [2.45, 2.75) is 78.0 Å². The molecule has 0 radical (unpaired) electrons. The van der Waals surface area contributed by atoms with E-state index in [9.17, 15) is 14.3 Å². The number of ether oxygens (including phenoxy) is 1. The molecule has 9 heteroatoms. The molecule has 1 amide bonds. The van der Waals surface area contributed by atoms with Gasteiger partial charge in [0.15, 0.2) is 11.6 Å². The molecule has 8 nitrogen and oxygen atoms in total. The number of nitrogens with zero attached hydrogens (tertiary/aromatic N) is 5. The Balaban J connectivity index is 1.27. The fraction of sp³-hybridized carbons (Fsp3) is 0.633. The van der Waals surface area contributed by atoms with Crippen molar-refractivity contribution >= 4 is 11.7 Å². The molecule has 1 aliphatic carbocycles. The van der Waals surface area contributed by atoms with Crippen molar-refractivity contribution in [3.8, 4) is 11.5 Å². The number of anilines is 1. The molecular formula is C30H42FN5O3. The number of carbonyl (C=O) groups is 1. The molecule has 1 spiro atoms. The van der Waals surface area contributed by atoms with Crippen LogP contribution >= 0.6 is 0 Å². The number of carbonyl (C=O) groups excluding carboxylic acids is 1. The van der Waals surface area contributed by atoms with E-state index in [2.05, 4.69) is 19.8 Å². The number of hydrogen-bond donors (Lipinski definition) is 1. The van der Waals surface area contributed by atoms with Crippen LogP contribution in [-0.4, -0.2) is 81.7 Å². The minimum Gasteiger partial charge on any atom is -0.451 e. The summed E-state index contributed by atoms with van der Waals surface area (Å²) in [6, 6.07) is 3.98. The average Bonchev–Trinajstić information content (AvgIpc) is 3.30. The van der Waals surface area contributed by atoms with Crippen molar-refractivity contribution in [1.82, 2.24) is 19.8 Å². The summed E-state index contributed by atoms with van der Waals surface area (Å²) in [6.07, 6.45) is 8.30. The maximum Gasteiger partial charge on any atom is 0.258 e. The van der Waals surface area contributed by atoms with Gasteiger partial charge < -0.3 is 24.5 Å². The normalized spacial score (nSPS) is 22.9. The number of halogens is 1. The zero-order valence-corrected chi connectivity index (χ0v) is 23.6. The van der Waals surface area contributed by atoms with Gasteiger partial charge in [-0.1, -0.05) is 0 Å². The molecule has 2 aliphatic heterocycles. The quantitative estimate of drug-likeness (QED) is 0.519. The molecule has 3 aliphatic rings. The van der Waals surface area contributed by atoms with Gasteiger partial charge in [-0.25, -0.2) is 14.4 Å². The predicted molar refractivity (Wildman–Crippen MR) is 149 cm³/mol. The fourth-order valence-electron chi connectivity index (χ4n) is 6.75. The Morgan fingerprint density at radius 2 is 1.85 bits per heavy atom. The molecule has 1 aromatic heterocycles. The molecule has 3 heterocycles. The fourth-order valence-corrected chi connectivity index (χ4v) is 6.75. The van der Waals surface area contributed by atoms with E-state index in [-0.39, 0.29) is 35.1 Å². The van der Waals surface area contributed by atoms with Gasteiger partial charge in [0.1, 0.15) is 17.9 Å². The van der Waals surface area contributed by atoms with Crippen molar-refractivity contribution in [3.05, 3.63) is 42.1 Å². The van der Waals surface area contributed by atoms with Gasteiger partial charge in [0.05, 0.1) is 17.9 Å². The van der Waals surface area contributed by atoms with E-state index in [0.717, 1.165) is 64.8 Å². The highest BCUT2D eigenvalue weighted by molar-refractivity contribution is 5.97. The lowest BCUT2D eigenvalue weighted by Gasteiger charge is -2.49. The van der Waals surface area contributed by atoms with E-state index >= 15 is 0 Å². The molecule has 3 fully saturated rings. The Kier molecular flexibility index (Phi) is 8.10. The summed E-state index contributed by atoms with van der Waals surface area (Å²) in [5.74, 6) is 1.39. The average molecular weight is 540 g/mol. The summed E-state index contributed by atoms with van der Waals surface area (Å²) in [7, 11) is 0. The van der Waals surface area contributed by atoms with Crippen molar-refractivity contribution < 1.29 is 19.0 Å². The highest BCUT2D eigenvalue weighted by atomic mass is 19.1. The molecule has 0 unspecified atom stereocenters. The molecule has 1 aromatic carbocycles. The van der Waals surface area contributed by atoms with Crippen molar-refractivity contribution in [1.29, 1.82) is 0 Å². The zero-order valence-electron chi connectivity index (χ0n) is 23.6. The van der Waals surface area contributed by atoms with Gasteiger partial charge >= 0.3 is 0 Å². The number of aromatic nitrogens is 2. The van der Waals surface area contributed by atoms with Gasteiger partial charge in [0.25, 0.3) is 5.91 Å². The van der Waals surface area contributed by atoms with E-state index < -0.39 is 5.82 Å². The molecule has 39 heavy (non-hydrogen) atoms. The van der Waals surface area contributed by atoms with Crippen LogP contribution < -0.4 is 9.64 Å². The summed E-state index contributed by atoms with van der Waals surface area (Å²) >= 11 is 0. The molecule has 0 bridgehead atoms. The first-order valence-corrected chi connectivity index (χ1v) is 14.4. The van der Waals surface area contributed by atoms with E-state index in [0.29, 0.717) is 23.2 Å². The summed E-state index contributed by atoms with van der Waals surface area (Å²) in [4.78, 5) is 28.7. The predicted octanol–water partition coefficient (Wildman–Crippen LogP) is 4.73. The van der Waals surface area contributed by atoms with Crippen molar-refractivity contribution in [3.63, 3.8) is 0 Å². The molecule has 2 aromatic rings. The third-order valence-electron chi connectivity index (χ3n) is 8.60. The van der Waals surface area contributed by atoms with Crippen LogP contribution in [0.25, 0.3) is 0 Å². The third kappa shape index (κ3) is 6.04. The lowest BCUT2D eigenvalue weighted by Crippen LogP contribution is -2.58. The first-order chi connectivity index (χ1) is 18.6. The smallest absolute Gasteiger partial charge is 0.258 e. The second kappa shape index (κ2) is 11.4. The van der Waals surface area contributed by atoms with E-state index in [4.69, 9.17) is 4.74 Å². The second-order valence-electron chi connectivity index (χ2n) is 12.4. The monoisotopic (exact) mass is 539 g/mol. The lowest BCUT2D eigenvalue weighted by molar-refractivity contribution is 0.0640. The number of hydrogen-bond acceptors (Lipinski definition) is 7. The Labute approximate surface area is 231 Å². The van der Waals surface area contributed by atoms with Crippen molar-refractivity contribution in [2.75, 3.05) is 37.6 Å². The summed E-state index contributed by atoms with van der Waals surface area (Å²) in [5.41, 5.74) is 0.441. The molecule has 0 atom stereocenters. The van der Waals surface area contributed by atoms with E-state index in [1.54, 1.807) is 11.1 Å². The third-order valence-corrected chi connectivity index (χ3v) is 8.60. The van der Waals surface area contributed by atoms with Gasteiger partial charge in [0.2, 0.25) is 0 Å². The van der Waals surface area contributed by atoms with Gasteiger partial charge in [0, 0.05) is 43.7 Å². The Bertz CT molecular complexity index is 1150. The van der Waals surface area contributed by atoms with Gasteiger partial charge in [-0.2, -0.15) is 0 Å². The largest absolute Gasteiger partial charge is 0.451 e. The zero-order chi connectivity index (χ0) is 27.7. The van der Waals surface area contributed by atoms with E-state index in [1.165, 1.54) is 24.5 Å². The first-order valence-electron chi connectivity index (χ1n) is 14.4. The molecule has 212 valence electrons. The highest BCUT2D eigenvalue weighted by Crippen LogP contribution is 2.44. The number of aliphatic hydroxyl groups excluding tert-OH is 1. The summed E-state index contributed by atoms with van der Waals surface area (Å²) < 4.78 is 20.5. The van der Waals surface area contributed by atoms with Gasteiger partial charge in [-0.3, -0.25) is 4.79 Å². The first kappa shape index (κ1) is 27.8. The highest BCUT2D eigenvalue weighted by Gasteiger charge is 2.49. The van der Waals surface area contributed by atoms with Crippen LogP contribution in [0.5, 0.6) is 11.5 Å². The Morgan fingerprint density at radius 1 is 1.13 bits per heavy atom. The number of benzene rings is 1. The Morgan fingerprint density at radius 3 is 2.54 bits per heavy atom. The summed E-state index contributed by atoms with van der Waals surface area (Å²) in [5, 5.41) is 9.82. The van der Waals surface area contributed by atoms with Crippen LogP contribution in [0, 0.1) is 17.2 Å². The van der Waals surface area contributed by atoms with Gasteiger partial charge in [-0.05, 0) is 90.5 Å². The number of likely N-dealkylation sites (tertiary alicyclic amines) is 1. The van der Waals surface area contributed by atoms with E-state index in [1.807, 2.05) is 27.7 Å². The molecule has 1 N–H and O–H groups in total. The lowest BCUT2D eigenvalue weighted by atomic mass is 9.79. The minimum atomic E-state index is -0.484. The van der Waals surface area contributed by atoms with Crippen LogP contribution in [0.1, 0.15) is 70.2 Å². The van der Waals surface area contributed by atoms with Crippen LogP contribution in [0.3, 0.4) is 0 Å². The standard InChI is InChI=1S/C30H42FN5O3/c1-20(2)36(21(3)4)29(38)25-13-23(31)7-10-26(25)39-27-14-32-19-33-28(27)35-17-30(18-35)11-12-34(16-30)15-22-5-8-24(37)9-6-22/h7,10,13-14,19-22,24,37H,5-6,8-9,11-12,15-18H2,1-4H3. The summed E-state index contributed by atoms with van der Waals surface area (Å²) in [6.45, 7) is 12.9. The molecular weight excluding hydrogens is 497 g/mol. The molecule has 5 rings (SSSR count). The van der Waals surface area contributed by atoms with Crippen molar-refractivity contribution in [2.24, 2.45) is 11.3 Å². The number of aliphatic hydroxyl groups is 1. The van der Waals surface area contributed by atoms with Crippen LogP contribution in [0.2, 0.25) is 0 Å². The number of amides is 1. The maximum atomic E-state index is 14.3. The second-order valence-corrected chi connectivity index (χ2v) is 12.4. The maximum absolute atomic E-state index is 14.3. The Hall–Kier alpha value is -2.78. The molecule has 1 saturated carbocycles. The molecule has 2 saturated heterocycles. The van der Waals surface area contributed by atoms with Crippen LogP contribution in [0.4, 0.5) is 10.2 Å². The topological polar surface area (TPSA) is 82.0 Å². The van der Waals surface area contributed by atoms with Crippen LogP contribution in [0.15, 0.2) is 30.7 Å². The number of rotatable bonds is 8.